The second kappa shape index (κ2) is 11.8. The molecule has 2 fully saturated rings. The predicted molar refractivity (Wildman–Crippen MR) is 169 cm³/mol. The summed E-state index contributed by atoms with van der Waals surface area (Å²) in [6.07, 6.45) is 5.67. The molecule has 0 bridgehead atoms. The molecule has 220 valence electrons. The molecule has 3 aromatic heterocycles. The number of halogens is 1. The van der Waals surface area contributed by atoms with Crippen molar-refractivity contribution in [1.82, 2.24) is 30.3 Å². The molecule has 2 atom stereocenters. The SMILES string of the molecule is Cc1[nH]nc(C(S)C(S)(S)S)c1-c1ccc(NC(=O)[C@@H](NC(=O)c2ccnn2C(C)C)C(C2CC2)C2CC2)nc1F. The van der Waals surface area contributed by atoms with Crippen molar-refractivity contribution in [3.05, 3.63) is 47.4 Å². The Morgan fingerprint density at radius 1 is 1.12 bits per heavy atom. The zero-order valence-corrected chi connectivity index (χ0v) is 26.5. The Morgan fingerprint density at radius 2 is 1.78 bits per heavy atom. The minimum Gasteiger partial charge on any atom is -0.339 e. The van der Waals surface area contributed by atoms with Gasteiger partial charge in [-0.05, 0) is 82.4 Å². The molecule has 2 saturated carbocycles. The van der Waals surface area contributed by atoms with Crippen LogP contribution in [0.4, 0.5) is 10.2 Å². The maximum absolute atomic E-state index is 15.5. The van der Waals surface area contributed by atoms with Crippen LogP contribution < -0.4 is 10.6 Å². The van der Waals surface area contributed by atoms with Crippen LogP contribution in [0.15, 0.2) is 24.4 Å². The first kappa shape index (κ1) is 30.3. The van der Waals surface area contributed by atoms with Gasteiger partial charge in [-0.2, -0.15) is 27.2 Å². The molecule has 3 aromatic rings. The van der Waals surface area contributed by atoms with E-state index in [2.05, 4.69) is 81.4 Å². The zero-order chi connectivity index (χ0) is 29.6. The van der Waals surface area contributed by atoms with E-state index in [1.165, 1.54) is 12.1 Å². The Bertz CT molecular complexity index is 1430. The topological polar surface area (TPSA) is 118 Å². The van der Waals surface area contributed by atoms with E-state index in [4.69, 9.17) is 0 Å². The highest BCUT2D eigenvalue weighted by Gasteiger charge is 2.48. The standard InChI is InChI=1S/C27H34FN7O2S4/c1-12(2)35-17(10-11-29-35)25(36)32-22(20(14-4-5-14)15-6-7-15)26(37)31-18-9-8-16(24(28)30-18)19-13(3)33-34-21(19)23(38)27(39,40)41/h8-12,14-15,20,22-23,38-41H,4-7H2,1-3H3,(H,32,36)(H,33,34)(H,30,31,37)/t22-,23?/m0/s1. The lowest BCUT2D eigenvalue weighted by atomic mass is 9.88. The van der Waals surface area contributed by atoms with Crippen LogP contribution in [0.2, 0.25) is 0 Å². The lowest BCUT2D eigenvalue weighted by Crippen LogP contribution is -2.50. The van der Waals surface area contributed by atoms with Crippen LogP contribution in [0.3, 0.4) is 0 Å². The highest BCUT2D eigenvalue weighted by Crippen LogP contribution is 2.51. The third-order valence-electron chi connectivity index (χ3n) is 7.65. The Labute approximate surface area is 260 Å². The van der Waals surface area contributed by atoms with E-state index < -0.39 is 26.6 Å². The normalized spacial score (nSPS) is 17.1. The minimum atomic E-state index is -1.12. The van der Waals surface area contributed by atoms with E-state index in [-0.39, 0.29) is 29.2 Å². The van der Waals surface area contributed by atoms with Crippen molar-refractivity contribution < 1.29 is 14.0 Å². The molecule has 3 N–H and O–H groups in total. The summed E-state index contributed by atoms with van der Waals surface area (Å²) in [5.41, 5.74) is 2.07. The summed E-state index contributed by atoms with van der Waals surface area (Å²) >= 11 is 17.6. The molecule has 1 unspecified atom stereocenters. The molecule has 0 radical (unpaired) electrons. The summed E-state index contributed by atoms with van der Waals surface area (Å²) in [6, 6.07) is 3.90. The largest absolute Gasteiger partial charge is 0.339 e. The maximum atomic E-state index is 15.5. The van der Waals surface area contributed by atoms with Gasteiger partial charge in [0, 0.05) is 29.1 Å². The molecule has 0 aromatic carbocycles. The van der Waals surface area contributed by atoms with Gasteiger partial charge in [0.2, 0.25) is 11.9 Å². The van der Waals surface area contributed by atoms with Gasteiger partial charge in [-0.25, -0.2) is 4.98 Å². The number of nitrogens with zero attached hydrogens (tertiary/aromatic N) is 4. The van der Waals surface area contributed by atoms with Gasteiger partial charge in [-0.15, -0.1) is 37.9 Å². The second-order valence-corrected chi connectivity index (χ2v) is 14.9. The highest BCUT2D eigenvalue weighted by molar-refractivity contribution is 8.17. The second-order valence-electron chi connectivity index (χ2n) is 11.2. The molecular weight excluding hydrogens is 602 g/mol. The number of carbonyl (C=O) groups is 2. The van der Waals surface area contributed by atoms with Crippen molar-refractivity contribution in [2.45, 2.75) is 67.2 Å². The van der Waals surface area contributed by atoms with Crippen molar-refractivity contribution in [2.24, 2.45) is 17.8 Å². The maximum Gasteiger partial charge on any atom is 0.270 e. The number of aryl methyl sites for hydroxylation is 1. The van der Waals surface area contributed by atoms with E-state index in [9.17, 15) is 9.59 Å². The van der Waals surface area contributed by atoms with Gasteiger partial charge < -0.3 is 10.6 Å². The predicted octanol–water partition coefficient (Wildman–Crippen LogP) is 5.28. The number of aromatic nitrogens is 5. The van der Waals surface area contributed by atoms with Crippen molar-refractivity contribution >= 4 is 68.1 Å². The number of carbonyl (C=O) groups excluding carboxylic acids is 2. The van der Waals surface area contributed by atoms with Crippen LogP contribution in [0.5, 0.6) is 0 Å². The first-order chi connectivity index (χ1) is 19.4. The zero-order valence-electron chi connectivity index (χ0n) is 22.9. The summed E-state index contributed by atoms with van der Waals surface area (Å²) < 4.78 is 16.0. The number of aromatic amines is 1. The van der Waals surface area contributed by atoms with Gasteiger partial charge in [0.15, 0.2) is 0 Å². The van der Waals surface area contributed by atoms with Gasteiger partial charge in [0.05, 0.1) is 10.9 Å². The van der Waals surface area contributed by atoms with Gasteiger partial charge in [-0.1, -0.05) is 0 Å². The quantitative estimate of drug-likeness (QED) is 0.0879. The summed E-state index contributed by atoms with van der Waals surface area (Å²) in [5, 5.41) is 16.5. The van der Waals surface area contributed by atoms with Gasteiger partial charge >= 0.3 is 0 Å². The summed E-state index contributed by atoms with van der Waals surface area (Å²) in [5.74, 6) is -0.784. The van der Waals surface area contributed by atoms with E-state index in [1.807, 2.05) is 13.8 Å². The van der Waals surface area contributed by atoms with Gasteiger partial charge in [0.25, 0.3) is 5.91 Å². The molecule has 5 rings (SSSR count). The van der Waals surface area contributed by atoms with Gasteiger partial charge in [0.1, 0.15) is 21.0 Å². The van der Waals surface area contributed by atoms with Crippen LogP contribution >= 0.6 is 50.5 Å². The van der Waals surface area contributed by atoms with Crippen molar-refractivity contribution in [2.75, 3.05) is 5.32 Å². The highest BCUT2D eigenvalue weighted by atomic mass is 32.2. The Morgan fingerprint density at radius 3 is 2.34 bits per heavy atom. The number of H-pyrrole nitrogens is 1. The fourth-order valence-corrected chi connectivity index (χ4v) is 5.97. The molecule has 41 heavy (non-hydrogen) atoms. The number of nitrogens with one attached hydrogen (secondary N) is 3. The lowest BCUT2D eigenvalue weighted by molar-refractivity contribution is -0.119. The van der Waals surface area contributed by atoms with Crippen molar-refractivity contribution in [3.63, 3.8) is 0 Å². The van der Waals surface area contributed by atoms with Crippen molar-refractivity contribution in [3.8, 4) is 11.1 Å². The summed E-state index contributed by atoms with van der Waals surface area (Å²) in [6.45, 7) is 5.63. The molecule has 2 aliphatic rings. The van der Waals surface area contributed by atoms with Gasteiger partial charge in [-0.3, -0.25) is 19.4 Å². The average molecular weight is 636 g/mol. The number of thiol groups is 4. The molecule has 14 heteroatoms. The Hall–Kier alpha value is -2.16. The number of pyridine rings is 1. The van der Waals surface area contributed by atoms with Crippen LogP contribution in [0.25, 0.3) is 11.1 Å². The molecule has 0 saturated heterocycles. The fraction of sp³-hybridized carbons (Fsp3) is 0.519. The first-order valence-corrected chi connectivity index (χ1v) is 15.4. The molecule has 0 aliphatic heterocycles. The molecule has 0 spiro atoms. The number of rotatable bonds is 11. The lowest BCUT2D eigenvalue weighted by Gasteiger charge is -2.27. The monoisotopic (exact) mass is 635 g/mol. The third-order valence-corrected chi connectivity index (χ3v) is 9.67. The van der Waals surface area contributed by atoms with E-state index >= 15 is 4.39 Å². The molecule has 3 heterocycles. The summed E-state index contributed by atoms with van der Waals surface area (Å²) in [4.78, 5) is 31.1. The number of hydrogen-bond acceptors (Lipinski definition) is 9. The Kier molecular flexibility index (Phi) is 8.76. The summed E-state index contributed by atoms with van der Waals surface area (Å²) in [7, 11) is 0. The van der Waals surface area contributed by atoms with Crippen LogP contribution in [0, 0.1) is 30.6 Å². The molecule has 2 amide bonds. The number of amides is 2. The smallest absolute Gasteiger partial charge is 0.270 e. The van der Waals surface area contributed by atoms with Crippen molar-refractivity contribution in [1.29, 1.82) is 0 Å². The van der Waals surface area contributed by atoms with E-state index in [0.717, 1.165) is 25.7 Å². The number of anilines is 1. The third kappa shape index (κ3) is 6.60. The molecule has 9 nitrogen and oxygen atoms in total. The minimum absolute atomic E-state index is 0.00548. The molecule has 2 aliphatic carbocycles. The van der Waals surface area contributed by atoms with E-state index in [1.54, 1.807) is 23.9 Å². The van der Waals surface area contributed by atoms with Crippen LogP contribution in [-0.4, -0.2) is 46.2 Å². The molecular formula is C27H34FN7O2S4. The van der Waals surface area contributed by atoms with Crippen LogP contribution in [-0.2, 0) is 4.79 Å². The van der Waals surface area contributed by atoms with E-state index in [0.29, 0.717) is 34.5 Å². The Balaban J connectivity index is 1.40. The first-order valence-electron chi connectivity index (χ1n) is 13.6. The van der Waals surface area contributed by atoms with Crippen LogP contribution in [0.1, 0.15) is 72.7 Å². The fourth-order valence-electron chi connectivity index (χ4n) is 5.41. The number of hydrogen-bond donors (Lipinski definition) is 7. The average Bonchev–Trinajstić information content (AvgIpc) is 3.83.